The van der Waals surface area contributed by atoms with Gasteiger partial charge in [0.15, 0.2) is 5.78 Å². The summed E-state index contributed by atoms with van der Waals surface area (Å²) in [4.78, 5) is 12.2. The molecule has 0 bridgehead atoms. The number of hydrogen-bond donors (Lipinski definition) is 1. The smallest absolute Gasteiger partial charge is 0.195 e. The van der Waals surface area contributed by atoms with Crippen LogP contribution in [0, 0.1) is 0 Å². The first-order valence-corrected chi connectivity index (χ1v) is 5.40. The van der Waals surface area contributed by atoms with E-state index in [0.717, 1.165) is 5.56 Å². The van der Waals surface area contributed by atoms with Gasteiger partial charge in [-0.05, 0) is 5.56 Å². The molecular weight excluding hydrogens is 210 g/mol. The Hall–Kier alpha value is -2.35. The van der Waals surface area contributed by atoms with Crippen LogP contribution in [0.1, 0.15) is 15.9 Å². The topological polar surface area (TPSA) is 43.1 Å². The monoisotopic (exact) mass is 223 g/mol. The minimum absolute atomic E-state index is 0.0562. The highest BCUT2D eigenvalue weighted by molar-refractivity contribution is 6.28. The van der Waals surface area contributed by atoms with Crippen molar-refractivity contribution in [2.75, 3.05) is 0 Å². The van der Waals surface area contributed by atoms with Crippen molar-refractivity contribution >= 4 is 11.4 Å². The lowest BCUT2D eigenvalue weighted by Gasteiger charge is -2.05. The van der Waals surface area contributed by atoms with Crippen LogP contribution in [0.3, 0.4) is 0 Å². The summed E-state index contributed by atoms with van der Waals surface area (Å²) in [6.45, 7) is 0. The molecule has 0 unspecified atom stereocenters. The molecule has 0 spiro atoms. The summed E-state index contributed by atoms with van der Waals surface area (Å²) in [5.41, 5.74) is 7.57. The lowest BCUT2D eigenvalue weighted by Crippen LogP contribution is -2.04. The predicted octanol–water partition coefficient (Wildman–Crippen LogP) is 2.87. The molecule has 0 aliphatic heterocycles. The van der Waals surface area contributed by atoms with E-state index >= 15 is 0 Å². The van der Waals surface area contributed by atoms with Gasteiger partial charge < -0.3 is 5.73 Å². The summed E-state index contributed by atoms with van der Waals surface area (Å²) in [6.07, 6.45) is 1.37. The van der Waals surface area contributed by atoms with Crippen LogP contribution >= 0.6 is 0 Å². The first kappa shape index (κ1) is 11.1. The zero-order valence-corrected chi connectivity index (χ0v) is 9.34. The number of carbonyl (C=O) groups excluding carboxylic acids is 1. The number of Topliss-reactive ketones (excluding diaryl/α,β-unsaturated/α-hetero) is 1. The van der Waals surface area contributed by atoms with Crippen LogP contribution in [0.15, 0.2) is 66.9 Å². The fraction of sp³-hybridized carbons (Fsp3) is 0. The van der Waals surface area contributed by atoms with Gasteiger partial charge in [-0.3, -0.25) is 4.79 Å². The molecule has 2 aromatic rings. The molecule has 2 nitrogen and oxygen atoms in total. The van der Waals surface area contributed by atoms with E-state index in [1.807, 2.05) is 48.5 Å². The Morgan fingerprint density at radius 2 is 1.29 bits per heavy atom. The summed E-state index contributed by atoms with van der Waals surface area (Å²) >= 11 is 0. The summed E-state index contributed by atoms with van der Waals surface area (Å²) < 4.78 is 0. The van der Waals surface area contributed by atoms with Crippen LogP contribution in [0.25, 0.3) is 5.57 Å². The fourth-order valence-corrected chi connectivity index (χ4v) is 1.67. The maximum absolute atomic E-state index is 12.2. The van der Waals surface area contributed by atoms with Crippen molar-refractivity contribution in [1.29, 1.82) is 0 Å². The van der Waals surface area contributed by atoms with Crippen molar-refractivity contribution in [2.45, 2.75) is 0 Å². The van der Waals surface area contributed by atoms with Gasteiger partial charge in [0.25, 0.3) is 0 Å². The van der Waals surface area contributed by atoms with E-state index < -0.39 is 0 Å². The second-order valence-corrected chi connectivity index (χ2v) is 3.64. The van der Waals surface area contributed by atoms with Crippen LogP contribution in [-0.2, 0) is 0 Å². The van der Waals surface area contributed by atoms with Gasteiger partial charge in [0.2, 0.25) is 0 Å². The van der Waals surface area contributed by atoms with Crippen molar-refractivity contribution in [3.63, 3.8) is 0 Å². The number of benzene rings is 2. The van der Waals surface area contributed by atoms with Crippen molar-refractivity contribution in [3.8, 4) is 0 Å². The minimum atomic E-state index is -0.0562. The van der Waals surface area contributed by atoms with Crippen molar-refractivity contribution in [3.05, 3.63) is 78.0 Å². The second kappa shape index (κ2) is 5.12. The number of allylic oxidation sites excluding steroid dienone is 1. The first-order chi connectivity index (χ1) is 8.33. The van der Waals surface area contributed by atoms with Crippen LogP contribution in [0.4, 0.5) is 0 Å². The minimum Gasteiger partial charge on any atom is -0.404 e. The summed E-state index contributed by atoms with van der Waals surface area (Å²) in [5.74, 6) is -0.0562. The Kier molecular flexibility index (Phi) is 3.36. The number of hydrogen-bond acceptors (Lipinski definition) is 2. The highest BCUT2D eigenvalue weighted by atomic mass is 16.1. The van der Waals surface area contributed by atoms with Gasteiger partial charge in [0.1, 0.15) is 0 Å². The third kappa shape index (κ3) is 2.42. The van der Waals surface area contributed by atoms with Crippen LogP contribution in [-0.4, -0.2) is 5.78 Å². The molecular formula is C15H13NO. The molecule has 0 aliphatic rings. The van der Waals surface area contributed by atoms with Crippen LogP contribution in [0.2, 0.25) is 0 Å². The van der Waals surface area contributed by atoms with Gasteiger partial charge in [-0.2, -0.15) is 0 Å². The largest absolute Gasteiger partial charge is 0.404 e. The molecule has 0 saturated heterocycles. The van der Waals surface area contributed by atoms with Crippen molar-refractivity contribution in [1.82, 2.24) is 0 Å². The van der Waals surface area contributed by atoms with E-state index in [9.17, 15) is 4.79 Å². The molecule has 0 atom stereocenters. The zero-order valence-electron chi connectivity index (χ0n) is 9.34. The molecule has 0 fully saturated rings. The molecule has 84 valence electrons. The van der Waals surface area contributed by atoms with Gasteiger partial charge in [0, 0.05) is 17.3 Å². The molecule has 2 heteroatoms. The highest BCUT2D eigenvalue weighted by Crippen LogP contribution is 2.18. The average molecular weight is 223 g/mol. The normalized spacial score (nSPS) is 11.2. The summed E-state index contributed by atoms with van der Waals surface area (Å²) in [7, 11) is 0. The van der Waals surface area contributed by atoms with Gasteiger partial charge in [-0.15, -0.1) is 0 Å². The van der Waals surface area contributed by atoms with Gasteiger partial charge in [0.05, 0.1) is 0 Å². The molecule has 0 saturated carbocycles. The molecule has 2 rings (SSSR count). The van der Waals surface area contributed by atoms with Crippen LogP contribution in [0.5, 0.6) is 0 Å². The summed E-state index contributed by atoms with van der Waals surface area (Å²) in [6, 6.07) is 18.6. The van der Waals surface area contributed by atoms with E-state index in [2.05, 4.69) is 0 Å². The average Bonchev–Trinajstić information content (AvgIpc) is 2.42. The van der Waals surface area contributed by atoms with Crippen molar-refractivity contribution < 1.29 is 4.79 Å². The lowest BCUT2D eigenvalue weighted by atomic mass is 9.98. The standard InChI is InChI=1S/C15H13NO/c16-11-14(12-7-3-1-4-8-12)15(17)13-9-5-2-6-10-13/h1-11H,16H2/b14-11+. The van der Waals surface area contributed by atoms with E-state index in [-0.39, 0.29) is 5.78 Å². The Morgan fingerprint density at radius 1 is 0.824 bits per heavy atom. The maximum atomic E-state index is 12.2. The molecule has 17 heavy (non-hydrogen) atoms. The molecule has 0 aromatic heterocycles. The zero-order chi connectivity index (χ0) is 12.1. The number of nitrogens with two attached hydrogens (primary N) is 1. The molecule has 0 heterocycles. The van der Waals surface area contributed by atoms with Gasteiger partial charge in [-0.25, -0.2) is 0 Å². The first-order valence-electron chi connectivity index (χ1n) is 5.40. The second-order valence-electron chi connectivity index (χ2n) is 3.64. The third-order valence-electron chi connectivity index (χ3n) is 2.53. The molecule has 0 amide bonds. The molecule has 0 aliphatic carbocycles. The van der Waals surface area contributed by atoms with E-state index in [0.29, 0.717) is 11.1 Å². The Bertz CT molecular complexity index is 529. The summed E-state index contributed by atoms with van der Waals surface area (Å²) in [5, 5.41) is 0. The number of carbonyl (C=O) groups is 1. The number of ketones is 1. The Morgan fingerprint density at radius 3 is 1.76 bits per heavy atom. The van der Waals surface area contributed by atoms with E-state index in [1.54, 1.807) is 12.1 Å². The van der Waals surface area contributed by atoms with Gasteiger partial charge >= 0.3 is 0 Å². The SMILES string of the molecule is N/C=C(/C(=O)c1ccccc1)c1ccccc1. The van der Waals surface area contributed by atoms with Crippen LogP contribution < -0.4 is 5.73 Å². The Labute approximate surface area is 100 Å². The third-order valence-corrected chi connectivity index (χ3v) is 2.53. The van der Waals surface area contributed by atoms with Crippen molar-refractivity contribution in [2.24, 2.45) is 5.73 Å². The predicted molar refractivity (Wildman–Crippen MR) is 69.4 cm³/mol. The van der Waals surface area contributed by atoms with Gasteiger partial charge in [-0.1, -0.05) is 60.7 Å². The molecule has 2 N–H and O–H groups in total. The molecule has 2 aromatic carbocycles. The Balaban J connectivity index is 2.37. The highest BCUT2D eigenvalue weighted by Gasteiger charge is 2.12. The molecule has 0 radical (unpaired) electrons. The fourth-order valence-electron chi connectivity index (χ4n) is 1.67. The maximum Gasteiger partial charge on any atom is 0.195 e. The lowest BCUT2D eigenvalue weighted by molar-refractivity contribution is 0.105. The quantitative estimate of drug-likeness (QED) is 0.642. The number of rotatable bonds is 3. The van der Waals surface area contributed by atoms with E-state index in [4.69, 9.17) is 5.73 Å². The van der Waals surface area contributed by atoms with E-state index in [1.165, 1.54) is 6.20 Å².